The Labute approximate surface area is 261 Å². The van der Waals surface area contributed by atoms with Crippen molar-refractivity contribution in [1.29, 1.82) is 0 Å². The Hall–Kier alpha value is -4.36. The van der Waals surface area contributed by atoms with Gasteiger partial charge in [-0.2, -0.15) is 0 Å². The molecule has 230 valence electrons. The number of rotatable bonds is 6. The van der Waals surface area contributed by atoms with Gasteiger partial charge in [-0.3, -0.25) is 9.98 Å². The normalized spacial score (nSPS) is 9.14. The van der Waals surface area contributed by atoms with Crippen molar-refractivity contribution in [2.45, 2.75) is 0 Å². The molecule has 10 N–H and O–H groups in total. The summed E-state index contributed by atoms with van der Waals surface area (Å²) in [6, 6.07) is 25.2. The Morgan fingerprint density at radius 1 is 0.524 bits per heavy atom. The maximum absolute atomic E-state index is 11.4. The number of carbonyl (C=O) groups is 2. The number of hydrogen-bond donors (Lipinski definition) is 0. The van der Waals surface area contributed by atoms with E-state index in [2.05, 4.69) is 9.98 Å². The van der Waals surface area contributed by atoms with Crippen LogP contribution in [-0.2, 0) is 45.1 Å². The van der Waals surface area contributed by atoms with Crippen molar-refractivity contribution in [1.82, 2.24) is 0 Å². The molecule has 12 nitrogen and oxygen atoms in total. The quantitative estimate of drug-likeness (QED) is 0.129. The summed E-state index contributed by atoms with van der Waals surface area (Å²) in [6.07, 6.45) is 2.70. The van der Waals surface area contributed by atoms with Gasteiger partial charge in [-0.15, -0.1) is 11.5 Å². The Kier molecular flexibility index (Phi) is 23.8. The molecule has 4 rings (SSSR count). The van der Waals surface area contributed by atoms with E-state index in [-0.39, 0.29) is 90.0 Å². The molecule has 0 aliphatic heterocycles. The predicted octanol–water partition coefficient (Wildman–Crippen LogP) is -1.75. The van der Waals surface area contributed by atoms with E-state index in [4.69, 9.17) is 0 Å². The first-order chi connectivity index (χ1) is 17.4. The molecule has 4 aromatic carbocycles. The van der Waals surface area contributed by atoms with E-state index < -0.39 is 11.9 Å². The van der Waals surface area contributed by atoms with Crippen LogP contribution in [-0.4, -0.2) is 35.3 Å². The predicted molar refractivity (Wildman–Crippen MR) is 145 cm³/mol. The van der Waals surface area contributed by atoms with Crippen LogP contribution in [0.15, 0.2) is 107 Å². The van der Waals surface area contributed by atoms with Gasteiger partial charge in [0, 0.05) is 23.6 Å². The number of aliphatic imine (C=N–C) groups is 2. The van der Waals surface area contributed by atoms with Gasteiger partial charge in [0.2, 0.25) is 0 Å². The minimum atomic E-state index is -1.29. The molecular weight excluding hydrogens is 651 g/mol. The molecule has 0 unspecified atom stereocenters. The molecule has 0 atom stereocenters. The molecule has 0 aromatic heterocycles. The van der Waals surface area contributed by atoms with Crippen LogP contribution < -0.4 is 20.4 Å². The second-order valence-corrected chi connectivity index (χ2v) is 7.20. The van der Waals surface area contributed by atoms with Crippen LogP contribution in [0.25, 0.3) is 0 Å². The van der Waals surface area contributed by atoms with E-state index in [0.29, 0.717) is 11.1 Å². The number of para-hydroxylation sites is 4. The number of carboxylic acid groups (broad SMARTS) is 2. The van der Waals surface area contributed by atoms with E-state index in [9.17, 15) is 30.0 Å². The van der Waals surface area contributed by atoms with Gasteiger partial charge in [0.25, 0.3) is 0 Å². The first kappa shape index (κ1) is 44.7. The minimum absolute atomic E-state index is 0. The van der Waals surface area contributed by atoms with Gasteiger partial charge >= 0.3 is 34.1 Å². The molecule has 42 heavy (non-hydrogen) atoms. The van der Waals surface area contributed by atoms with Crippen molar-refractivity contribution < 1.29 is 86.1 Å². The summed E-state index contributed by atoms with van der Waals surface area (Å²) in [6.45, 7) is 0. The van der Waals surface area contributed by atoms with Crippen LogP contribution in [0.4, 0.5) is 11.4 Å². The van der Waals surface area contributed by atoms with Crippen LogP contribution in [0.1, 0.15) is 31.8 Å². The number of carboxylic acids is 2. The summed E-state index contributed by atoms with van der Waals surface area (Å²) >= 11 is 0. The summed E-state index contributed by atoms with van der Waals surface area (Å²) in [4.78, 5) is 29.7. The Balaban J connectivity index is -0.000000301. The number of hydrogen-bond acceptors (Lipinski definition) is 8. The third kappa shape index (κ3) is 12.9. The average molecular weight is 680 g/mol. The zero-order valence-corrected chi connectivity index (χ0v) is 23.4. The first-order valence-electron chi connectivity index (χ1n) is 10.6. The SMILES string of the molecule is O.O.O=C([O-])c1ccccc1N=Cc1ccccc1[O-].O=C([O-])c1ccccc1N=Cc1ccccc1[O-].[Cu+2].[Cu+2].[OH3+].[OH3+]. The van der Waals surface area contributed by atoms with Crippen LogP contribution >= 0.6 is 0 Å². The third-order valence-corrected chi connectivity index (χ3v) is 4.77. The Morgan fingerprint density at radius 3 is 1.12 bits per heavy atom. The number of carbonyl (C=O) groups excluding carboxylic acids is 2. The third-order valence-electron chi connectivity index (χ3n) is 4.77. The van der Waals surface area contributed by atoms with Crippen molar-refractivity contribution in [2.75, 3.05) is 0 Å². The van der Waals surface area contributed by atoms with E-state index in [1.807, 2.05) is 0 Å². The summed E-state index contributed by atoms with van der Waals surface area (Å²) in [5, 5.41) is 44.6. The van der Waals surface area contributed by atoms with Crippen LogP contribution in [0, 0.1) is 0 Å². The van der Waals surface area contributed by atoms with Gasteiger partial charge in [-0.05, 0) is 23.3 Å². The van der Waals surface area contributed by atoms with Crippen molar-refractivity contribution >= 4 is 35.7 Å². The molecule has 0 bridgehead atoms. The topological polar surface area (TPSA) is 280 Å². The van der Waals surface area contributed by atoms with Gasteiger partial charge in [0.1, 0.15) is 0 Å². The van der Waals surface area contributed by atoms with Gasteiger partial charge in [0.15, 0.2) is 0 Å². The number of aromatic carboxylic acids is 2. The van der Waals surface area contributed by atoms with Crippen LogP contribution in [0.2, 0.25) is 0 Å². The molecule has 2 radical (unpaired) electrons. The molecule has 0 fully saturated rings. The second-order valence-electron chi connectivity index (χ2n) is 7.20. The standard InChI is InChI=1S/2C14H11NO3.2Cu.4H2O/c2*16-13-8-4-1-5-10(13)9-15-12-7-3-2-6-11(12)14(17)18;;;;;;/h2*1-9,16H,(H,17,18);;;4*1H2/q;;2*+2;;;;/p-2. The molecule has 0 saturated heterocycles. The fourth-order valence-electron chi connectivity index (χ4n) is 2.97. The zero-order valence-electron chi connectivity index (χ0n) is 21.5. The van der Waals surface area contributed by atoms with Gasteiger partial charge in [0.05, 0.1) is 23.3 Å². The number of benzene rings is 4. The summed E-state index contributed by atoms with van der Waals surface area (Å²) in [5.41, 5.74) is 1.34. The monoisotopic (exact) mass is 678 g/mol. The molecule has 0 amide bonds. The smallest absolute Gasteiger partial charge is 0.872 e. The largest absolute Gasteiger partial charge is 2.00 e. The summed E-state index contributed by atoms with van der Waals surface area (Å²) < 4.78 is 0. The molecule has 14 heteroatoms. The minimum Gasteiger partial charge on any atom is -0.872 e. The molecule has 0 saturated carbocycles. The van der Waals surface area contributed by atoms with Crippen molar-refractivity contribution in [3.05, 3.63) is 119 Å². The van der Waals surface area contributed by atoms with Gasteiger partial charge < -0.3 is 51.9 Å². The van der Waals surface area contributed by atoms with Crippen molar-refractivity contribution in [3.8, 4) is 11.5 Å². The van der Waals surface area contributed by atoms with E-state index in [1.54, 1.807) is 72.8 Å². The summed E-state index contributed by atoms with van der Waals surface area (Å²) in [7, 11) is 0. The van der Waals surface area contributed by atoms with Gasteiger partial charge in [-0.1, -0.05) is 84.9 Å². The fourth-order valence-corrected chi connectivity index (χ4v) is 2.97. The molecule has 0 aliphatic rings. The first-order valence-corrected chi connectivity index (χ1v) is 10.6. The maximum Gasteiger partial charge on any atom is 2.00 e. The molecule has 4 aromatic rings. The van der Waals surface area contributed by atoms with E-state index >= 15 is 0 Å². The second kappa shape index (κ2) is 22.3. The molecule has 0 heterocycles. The van der Waals surface area contributed by atoms with E-state index in [0.717, 1.165) is 0 Å². The van der Waals surface area contributed by atoms with Crippen molar-refractivity contribution in [3.63, 3.8) is 0 Å². The van der Waals surface area contributed by atoms with Crippen molar-refractivity contribution in [2.24, 2.45) is 9.98 Å². The fraction of sp³-hybridized carbons (Fsp3) is 0. The van der Waals surface area contributed by atoms with Gasteiger partial charge in [-0.25, -0.2) is 0 Å². The van der Waals surface area contributed by atoms with Crippen LogP contribution in [0.3, 0.4) is 0 Å². The molecule has 0 aliphatic carbocycles. The zero-order chi connectivity index (χ0) is 25.9. The number of nitrogens with zero attached hydrogens (tertiary/aromatic N) is 2. The average Bonchev–Trinajstić information content (AvgIpc) is 2.88. The Morgan fingerprint density at radius 2 is 0.810 bits per heavy atom. The molecular formula is C28H28Cu2N2O10+2. The Bertz CT molecular complexity index is 1340. The van der Waals surface area contributed by atoms with Crippen LogP contribution in [0.5, 0.6) is 11.5 Å². The van der Waals surface area contributed by atoms with E-state index in [1.165, 1.54) is 36.7 Å². The maximum atomic E-state index is 11.4. The summed E-state index contributed by atoms with van der Waals surface area (Å²) in [5.74, 6) is -2.91. The molecule has 0 spiro atoms.